The highest BCUT2D eigenvalue weighted by molar-refractivity contribution is 6.03. The standard InChI is InChI=1S/C21H15/c1-3-9-16(10-4-1)20-15-18-13-7-8-14-19(18)21(20)17-11-5-2-6-12-17/h1-7,9-14H,15H2. The van der Waals surface area contributed by atoms with Gasteiger partial charge in [-0.1, -0.05) is 72.8 Å². The van der Waals surface area contributed by atoms with Gasteiger partial charge in [0.05, 0.1) is 0 Å². The molecule has 0 heterocycles. The van der Waals surface area contributed by atoms with Crippen LogP contribution in [0.15, 0.2) is 78.9 Å². The third-order valence-corrected chi connectivity index (χ3v) is 4.08. The number of rotatable bonds is 2. The molecule has 0 spiro atoms. The summed E-state index contributed by atoms with van der Waals surface area (Å²) in [6.45, 7) is 0. The van der Waals surface area contributed by atoms with E-state index >= 15 is 0 Å². The fraction of sp³-hybridized carbons (Fsp3) is 0.0476. The number of hydrogen-bond acceptors (Lipinski definition) is 0. The lowest BCUT2D eigenvalue weighted by Gasteiger charge is -2.09. The first-order valence-corrected chi connectivity index (χ1v) is 7.27. The Kier molecular flexibility index (Phi) is 2.93. The summed E-state index contributed by atoms with van der Waals surface area (Å²) in [6, 6.07) is 30.9. The monoisotopic (exact) mass is 267 g/mol. The molecule has 0 aromatic heterocycles. The minimum absolute atomic E-state index is 0.998. The van der Waals surface area contributed by atoms with Gasteiger partial charge in [-0.2, -0.15) is 0 Å². The molecular formula is C21H15. The Bertz CT molecular complexity index is 796. The van der Waals surface area contributed by atoms with E-state index in [-0.39, 0.29) is 0 Å². The third kappa shape index (κ3) is 2.09. The highest BCUT2D eigenvalue weighted by Gasteiger charge is 2.22. The van der Waals surface area contributed by atoms with Crippen molar-refractivity contribution in [2.24, 2.45) is 0 Å². The van der Waals surface area contributed by atoms with Crippen LogP contribution in [0.3, 0.4) is 0 Å². The molecule has 0 bridgehead atoms. The molecule has 0 amide bonds. The predicted octanol–water partition coefficient (Wildman–Crippen LogP) is 5.00. The molecule has 1 aliphatic carbocycles. The molecule has 0 nitrogen and oxygen atoms in total. The smallest absolute Gasteiger partial charge is 0.000727 e. The molecule has 0 fully saturated rings. The normalized spacial score (nSPS) is 13.3. The Morgan fingerprint density at radius 3 is 2.10 bits per heavy atom. The first kappa shape index (κ1) is 12.2. The second kappa shape index (κ2) is 5.06. The van der Waals surface area contributed by atoms with Crippen LogP contribution in [-0.4, -0.2) is 0 Å². The van der Waals surface area contributed by atoms with E-state index in [2.05, 4.69) is 78.9 Å². The highest BCUT2D eigenvalue weighted by Crippen LogP contribution is 2.41. The molecule has 0 saturated carbocycles. The van der Waals surface area contributed by atoms with Crippen molar-refractivity contribution in [3.05, 3.63) is 107 Å². The van der Waals surface area contributed by atoms with Crippen LogP contribution in [0, 0.1) is 6.07 Å². The van der Waals surface area contributed by atoms with Crippen LogP contribution in [0.25, 0.3) is 11.1 Å². The van der Waals surface area contributed by atoms with Crippen LogP contribution in [0.4, 0.5) is 0 Å². The van der Waals surface area contributed by atoms with Crippen LogP contribution in [0.1, 0.15) is 22.3 Å². The zero-order valence-electron chi connectivity index (χ0n) is 11.7. The average molecular weight is 267 g/mol. The molecule has 4 rings (SSSR count). The van der Waals surface area contributed by atoms with E-state index in [9.17, 15) is 0 Å². The summed E-state index contributed by atoms with van der Waals surface area (Å²) in [4.78, 5) is 0. The van der Waals surface area contributed by atoms with Gasteiger partial charge >= 0.3 is 0 Å². The third-order valence-electron chi connectivity index (χ3n) is 4.08. The van der Waals surface area contributed by atoms with Crippen LogP contribution in [-0.2, 0) is 6.42 Å². The minimum atomic E-state index is 0.998. The molecule has 99 valence electrons. The van der Waals surface area contributed by atoms with Crippen molar-refractivity contribution < 1.29 is 0 Å². The van der Waals surface area contributed by atoms with Crippen molar-refractivity contribution in [3.8, 4) is 0 Å². The van der Waals surface area contributed by atoms with Gasteiger partial charge in [0.1, 0.15) is 0 Å². The summed E-state index contributed by atoms with van der Waals surface area (Å²) in [6.07, 6.45) is 0.998. The molecule has 0 aliphatic heterocycles. The molecule has 1 aliphatic rings. The highest BCUT2D eigenvalue weighted by atomic mass is 14.3. The first-order chi connectivity index (χ1) is 10.4. The summed E-state index contributed by atoms with van der Waals surface area (Å²) in [5, 5.41) is 0. The summed E-state index contributed by atoms with van der Waals surface area (Å²) >= 11 is 0. The van der Waals surface area contributed by atoms with Crippen LogP contribution in [0.2, 0.25) is 0 Å². The average Bonchev–Trinajstić information content (AvgIpc) is 2.96. The Morgan fingerprint density at radius 2 is 1.38 bits per heavy atom. The number of benzene rings is 3. The van der Waals surface area contributed by atoms with Gasteiger partial charge < -0.3 is 0 Å². The van der Waals surface area contributed by atoms with Crippen LogP contribution >= 0.6 is 0 Å². The van der Waals surface area contributed by atoms with Crippen molar-refractivity contribution in [2.75, 3.05) is 0 Å². The second-order valence-electron chi connectivity index (χ2n) is 5.35. The van der Waals surface area contributed by atoms with Crippen molar-refractivity contribution in [1.82, 2.24) is 0 Å². The number of allylic oxidation sites excluding steroid dienone is 1. The quantitative estimate of drug-likeness (QED) is 0.613. The van der Waals surface area contributed by atoms with Crippen molar-refractivity contribution in [3.63, 3.8) is 0 Å². The lowest BCUT2D eigenvalue weighted by Crippen LogP contribution is -1.88. The lowest BCUT2D eigenvalue weighted by atomic mass is 9.94. The van der Waals surface area contributed by atoms with Gasteiger partial charge in [-0.15, -0.1) is 0 Å². The largest absolute Gasteiger partial charge is 0.0622 e. The zero-order chi connectivity index (χ0) is 14.1. The topological polar surface area (TPSA) is 0 Å². The van der Waals surface area contributed by atoms with E-state index in [4.69, 9.17) is 0 Å². The Hall–Kier alpha value is -2.60. The summed E-state index contributed by atoms with van der Waals surface area (Å²) < 4.78 is 0. The molecular weight excluding hydrogens is 252 g/mol. The minimum Gasteiger partial charge on any atom is -0.0622 e. The SMILES string of the molecule is [c]1ccc2c(c1)C(c1ccccc1)=C(c1ccccc1)C2. The van der Waals surface area contributed by atoms with Gasteiger partial charge in [-0.05, 0) is 52.0 Å². The summed E-state index contributed by atoms with van der Waals surface area (Å²) in [5.41, 5.74) is 8.08. The molecule has 0 unspecified atom stereocenters. The fourth-order valence-corrected chi connectivity index (χ4v) is 3.11. The Morgan fingerprint density at radius 1 is 0.714 bits per heavy atom. The van der Waals surface area contributed by atoms with Gasteiger partial charge in [0.2, 0.25) is 0 Å². The van der Waals surface area contributed by atoms with Crippen molar-refractivity contribution in [1.29, 1.82) is 0 Å². The molecule has 3 aromatic carbocycles. The number of hydrogen-bond donors (Lipinski definition) is 0. The molecule has 0 N–H and O–H groups in total. The Balaban J connectivity index is 1.97. The van der Waals surface area contributed by atoms with E-state index < -0.39 is 0 Å². The van der Waals surface area contributed by atoms with E-state index in [1.165, 1.54) is 33.4 Å². The molecule has 0 saturated heterocycles. The molecule has 21 heavy (non-hydrogen) atoms. The van der Waals surface area contributed by atoms with Crippen molar-refractivity contribution >= 4 is 11.1 Å². The molecule has 1 radical (unpaired) electrons. The van der Waals surface area contributed by atoms with Crippen LogP contribution < -0.4 is 0 Å². The predicted molar refractivity (Wildman–Crippen MR) is 87.8 cm³/mol. The van der Waals surface area contributed by atoms with Gasteiger partial charge in [0, 0.05) is 0 Å². The van der Waals surface area contributed by atoms with E-state index in [0.29, 0.717) is 0 Å². The zero-order valence-corrected chi connectivity index (χ0v) is 11.7. The second-order valence-corrected chi connectivity index (χ2v) is 5.35. The molecule has 0 heteroatoms. The van der Waals surface area contributed by atoms with Gasteiger partial charge in [-0.25, -0.2) is 0 Å². The Labute approximate surface area is 125 Å². The van der Waals surface area contributed by atoms with Crippen LogP contribution in [0.5, 0.6) is 0 Å². The first-order valence-electron chi connectivity index (χ1n) is 7.27. The van der Waals surface area contributed by atoms with Crippen molar-refractivity contribution in [2.45, 2.75) is 6.42 Å². The summed E-state index contributed by atoms with van der Waals surface area (Å²) in [5.74, 6) is 0. The van der Waals surface area contributed by atoms with E-state index in [0.717, 1.165) is 6.42 Å². The van der Waals surface area contributed by atoms with Gasteiger partial charge in [-0.3, -0.25) is 0 Å². The van der Waals surface area contributed by atoms with Gasteiger partial charge in [0.25, 0.3) is 0 Å². The lowest BCUT2D eigenvalue weighted by molar-refractivity contribution is 1.31. The molecule has 3 aromatic rings. The number of fused-ring (bicyclic) bond motifs is 1. The summed E-state index contributed by atoms with van der Waals surface area (Å²) in [7, 11) is 0. The van der Waals surface area contributed by atoms with E-state index in [1.807, 2.05) is 6.07 Å². The maximum atomic E-state index is 3.23. The van der Waals surface area contributed by atoms with Gasteiger partial charge in [0.15, 0.2) is 0 Å². The molecule has 0 atom stereocenters. The fourth-order valence-electron chi connectivity index (χ4n) is 3.11. The maximum absolute atomic E-state index is 3.23. The maximum Gasteiger partial charge on any atom is -0.000727 e. The van der Waals surface area contributed by atoms with E-state index in [1.54, 1.807) is 0 Å².